The van der Waals surface area contributed by atoms with Crippen molar-refractivity contribution in [2.45, 2.75) is 57.1 Å². The second-order valence-electron chi connectivity index (χ2n) is 6.27. The third-order valence-electron chi connectivity index (χ3n) is 4.42. The van der Waals surface area contributed by atoms with Crippen molar-refractivity contribution in [2.24, 2.45) is 0 Å². The summed E-state index contributed by atoms with van der Waals surface area (Å²) in [5.74, 6) is 0. The van der Waals surface area contributed by atoms with Gasteiger partial charge in [0.25, 0.3) is 0 Å². The highest BCUT2D eigenvalue weighted by atomic mass is 16.3. The van der Waals surface area contributed by atoms with Crippen LogP contribution in [0, 0.1) is 0 Å². The van der Waals surface area contributed by atoms with E-state index >= 15 is 0 Å². The quantitative estimate of drug-likeness (QED) is 0.938. The van der Waals surface area contributed by atoms with Crippen molar-refractivity contribution in [3.8, 4) is 0 Å². The van der Waals surface area contributed by atoms with Crippen molar-refractivity contribution < 1.29 is 5.11 Å². The average molecular weight is 285 g/mol. The normalized spacial score (nSPS) is 19.3. The molecule has 4 nitrogen and oxygen atoms in total. The minimum Gasteiger partial charge on any atom is -0.385 e. The molecule has 2 aromatic rings. The van der Waals surface area contributed by atoms with Crippen LogP contribution in [0.15, 0.2) is 36.8 Å². The standard InChI is InChI=1S/C17H23N3O/c1-17(21,14-6-5-10-18-13-14)12-15-9-11-20(19-15)16-7-3-2-4-8-16/h5-6,9-11,13,16,21H,2-4,7-8,12H2,1H3. The predicted molar refractivity (Wildman–Crippen MR) is 81.9 cm³/mol. The van der Waals surface area contributed by atoms with Crippen molar-refractivity contribution >= 4 is 0 Å². The highest BCUT2D eigenvalue weighted by Gasteiger charge is 2.25. The summed E-state index contributed by atoms with van der Waals surface area (Å²) in [5.41, 5.74) is 0.839. The van der Waals surface area contributed by atoms with Crippen LogP contribution in [0.25, 0.3) is 0 Å². The van der Waals surface area contributed by atoms with Gasteiger partial charge in [0.05, 0.1) is 17.3 Å². The number of hydrogen-bond acceptors (Lipinski definition) is 3. The molecule has 1 atom stereocenters. The number of rotatable bonds is 4. The number of aliphatic hydroxyl groups is 1. The molecule has 3 rings (SSSR count). The lowest BCUT2D eigenvalue weighted by molar-refractivity contribution is 0.0559. The number of nitrogens with zero attached hydrogens (tertiary/aromatic N) is 3. The molecule has 0 aliphatic heterocycles. The maximum Gasteiger partial charge on any atom is 0.0939 e. The van der Waals surface area contributed by atoms with Gasteiger partial charge in [-0.1, -0.05) is 25.3 Å². The number of hydrogen-bond donors (Lipinski definition) is 1. The van der Waals surface area contributed by atoms with Crippen LogP contribution in [0.5, 0.6) is 0 Å². The predicted octanol–water partition coefficient (Wildman–Crippen LogP) is 3.23. The number of pyridine rings is 1. The second kappa shape index (κ2) is 5.98. The molecule has 2 aromatic heterocycles. The van der Waals surface area contributed by atoms with Crippen LogP contribution in [-0.2, 0) is 12.0 Å². The Morgan fingerprint density at radius 1 is 1.29 bits per heavy atom. The van der Waals surface area contributed by atoms with Gasteiger partial charge in [0.2, 0.25) is 0 Å². The SMILES string of the molecule is CC(O)(Cc1ccn(C2CCCCC2)n1)c1cccnc1. The Labute approximate surface area is 125 Å². The van der Waals surface area contributed by atoms with Crippen LogP contribution in [0.2, 0.25) is 0 Å². The smallest absolute Gasteiger partial charge is 0.0939 e. The van der Waals surface area contributed by atoms with Crippen LogP contribution in [0.4, 0.5) is 0 Å². The van der Waals surface area contributed by atoms with Gasteiger partial charge in [-0.05, 0) is 31.9 Å². The molecule has 1 unspecified atom stereocenters. The molecule has 0 aromatic carbocycles. The number of aromatic nitrogens is 3. The molecule has 2 heterocycles. The third-order valence-corrected chi connectivity index (χ3v) is 4.42. The molecule has 0 spiro atoms. The van der Waals surface area contributed by atoms with Crippen LogP contribution < -0.4 is 0 Å². The largest absolute Gasteiger partial charge is 0.385 e. The van der Waals surface area contributed by atoms with E-state index in [1.165, 1.54) is 32.1 Å². The van der Waals surface area contributed by atoms with E-state index in [1.807, 2.05) is 25.1 Å². The van der Waals surface area contributed by atoms with Gasteiger partial charge in [-0.3, -0.25) is 9.67 Å². The lowest BCUT2D eigenvalue weighted by Crippen LogP contribution is -2.25. The maximum absolute atomic E-state index is 10.7. The molecular weight excluding hydrogens is 262 g/mol. The molecular formula is C17H23N3O. The van der Waals surface area contributed by atoms with Gasteiger partial charge < -0.3 is 5.11 Å². The molecule has 0 amide bonds. The topological polar surface area (TPSA) is 50.9 Å². The first-order valence-electron chi connectivity index (χ1n) is 7.82. The highest BCUT2D eigenvalue weighted by Crippen LogP contribution is 2.28. The molecule has 1 aliphatic carbocycles. The van der Waals surface area contributed by atoms with Gasteiger partial charge >= 0.3 is 0 Å². The molecule has 1 aliphatic rings. The van der Waals surface area contributed by atoms with E-state index in [0.717, 1.165) is 11.3 Å². The first-order valence-corrected chi connectivity index (χ1v) is 7.82. The Morgan fingerprint density at radius 2 is 2.10 bits per heavy atom. The Morgan fingerprint density at radius 3 is 2.81 bits per heavy atom. The molecule has 4 heteroatoms. The Kier molecular flexibility index (Phi) is 4.06. The van der Waals surface area contributed by atoms with Gasteiger partial charge in [-0.15, -0.1) is 0 Å². The van der Waals surface area contributed by atoms with E-state index in [2.05, 4.69) is 21.0 Å². The summed E-state index contributed by atoms with van der Waals surface area (Å²) in [6, 6.07) is 6.32. The lowest BCUT2D eigenvalue weighted by atomic mass is 9.92. The zero-order chi connectivity index (χ0) is 14.7. The summed E-state index contributed by atoms with van der Waals surface area (Å²) in [5, 5.41) is 15.4. The molecule has 0 bridgehead atoms. The second-order valence-corrected chi connectivity index (χ2v) is 6.27. The molecule has 0 radical (unpaired) electrons. The van der Waals surface area contributed by atoms with Gasteiger partial charge in [0.1, 0.15) is 0 Å². The fraction of sp³-hybridized carbons (Fsp3) is 0.529. The van der Waals surface area contributed by atoms with Crippen molar-refractivity contribution in [1.29, 1.82) is 0 Å². The van der Waals surface area contributed by atoms with E-state index in [4.69, 9.17) is 0 Å². The maximum atomic E-state index is 10.7. The first-order chi connectivity index (χ1) is 10.1. The van der Waals surface area contributed by atoms with E-state index in [1.54, 1.807) is 12.4 Å². The molecule has 1 N–H and O–H groups in total. The van der Waals surface area contributed by atoms with Crippen molar-refractivity contribution in [3.63, 3.8) is 0 Å². The summed E-state index contributed by atoms with van der Waals surface area (Å²) in [7, 11) is 0. The van der Waals surface area contributed by atoms with Gasteiger partial charge in [-0.25, -0.2) is 0 Å². The zero-order valence-electron chi connectivity index (χ0n) is 12.6. The fourth-order valence-electron chi connectivity index (χ4n) is 3.16. The Balaban J connectivity index is 1.72. The minimum atomic E-state index is -0.931. The monoisotopic (exact) mass is 285 g/mol. The summed E-state index contributed by atoms with van der Waals surface area (Å²) in [6.07, 6.45) is 12.4. The summed E-state index contributed by atoms with van der Waals surface area (Å²) < 4.78 is 2.09. The summed E-state index contributed by atoms with van der Waals surface area (Å²) >= 11 is 0. The van der Waals surface area contributed by atoms with Gasteiger partial charge in [0.15, 0.2) is 0 Å². The van der Waals surface area contributed by atoms with Crippen LogP contribution in [0.3, 0.4) is 0 Å². The molecule has 112 valence electrons. The highest BCUT2D eigenvalue weighted by molar-refractivity contribution is 5.20. The summed E-state index contributed by atoms with van der Waals surface area (Å²) in [4.78, 5) is 4.09. The molecule has 1 saturated carbocycles. The van der Waals surface area contributed by atoms with Crippen molar-refractivity contribution in [2.75, 3.05) is 0 Å². The van der Waals surface area contributed by atoms with Gasteiger partial charge in [0, 0.05) is 30.6 Å². The Bertz CT molecular complexity index is 571. The summed E-state index contributed by atoms with van der Waals surface area (Å²) in [6.45, 7) is 1.82. The van der Waals surface area contributed by atoms with E-state index in [9.17, 15) is 5.11 Å². The van der Waals surface area contributed by atoms with E-state index in [0.29, 0.717) is 12.5 Å². The molecule has 0 saturated heterocycles. The van der Waals surface area contributed by atoms with Gasteiger partial charge in [-0.2, -0.15) is 5.10 Å². The third kappa shape index (κ3) is 3.32. The first kappa shape index (κ1) is 14.3. The fourth-order valence-corrected chi connectivity index (χ4v) is 3.16. The van der Waals surface area contributed by atoms with Crippen molar-refractivity contribution in [3.05, 3.63) is 48.0 Å². The van der Waals surface area contributed by atoms with E-state index in [-0.39, 0.29) is 0 Å². The van der Waals surface area contributed by atoms with Crippen LogP contribution in [-0.4, -0.2) is 19.9 Å². The van der Waals surface area contributed by atoms with Crippen LogP contribution in [0.1, 0.15) is 56.3 Å². The van der Waals surface area contributed by atoms with E-state index < -0.39 is 5.60 Å². The Hall–Kier alpha value is -1.68. The van der Waals surface area contributed by atoms with Crippen molar-refractivity contribution in [1.82, 2.24) is 14.8 Å². The zero-order valence-corrected chi connectivity index (χ0v) is 12.6. The average Bonchev–Trinajstić information content (AvgIpc) is 2.97. The molecule has 1 fully saturated rings. The minimum absolute atomic E-state index is 0.512. The lowest BCUT2D eigenvalue weighted by Gasteiger charge is -2.23. The molecule has 21 heavy (non-hydrogen) atoms. The van der Waals surface area contributed by atoms with Crippen LogP contribution >= 0.6 is 0 Å².